The molecule has 1 aliphatic heterocycles. The van der Waals surface area contributed by atoms with Gasteiger partial charge in [-0.3, -0.25) is 4.79 Å². The summed E-state index contributed by atoms with van der Waals surface area (Å²) < 4.78 is 54.6. The zero-order chi connectivity index (χ0) is 32.4. The van der Waals surface area contributed by atoms with Gasteiger partial charge in [0.15, 0.2) is 0 Å². The summed E-state index contributed by atoms with van der Waals surface area (Å²) in [6.07, 6.45) is 9.25. The number of anilines is 1. The number of nitrogens with zero attached hydrogens (tertiary/aromatic N) is 2. The van der Waals surface area contributed by atoms with E-state index < -0.39 is 21.7 Å². The maximum absolute atomic E-state index is 15.4. The molecule has 2 aliphatic carbocycles. The number of hydrogen-bond donors (Lipinski definition) is 1. The molecule has 1 saturated heterocycles. The molecule has 3 aromatic rings. The Labute approximate surface area is 280 Å². The third kappa shape index (κ3) is 7.40. The van der Waals surface area contributed by atoms with Crippen LogP contribution in [0.15, 0.2) is 40.9 Å². The minimum absolute atomic E-state index is 0.0114. The van der Waals surface area contributed by atoms with Crippen molar-refractivity contribution in [3.63, 3.8) is 0 Å². The van der Waals surface area contributed by atoms with Gasteiger partial charge in [-0.2, -0.15) is 0 Å². The van der Waals surface area contributed by atoms with Crippen molar-refractivity contribution in [1.82, 2.24) is 9.88 Å². The van der Waals surface area contributed by atoms with E-state index in [1.807, 2.05) is 4.90 Å². The Morgan fingerprint density at radius 1 is 1.09 bits per heavy atom. The summed E-state index contributed by atoms with van der Waals surface area (Å²) in [7, 11) is -3.79. The highest BCUT2D eigenvalue weighted by Gasteiger charge is 2.46. The zero-order valence-electron chi connectivity index (χ0n) is 25.9. The van der Waals surface area contributed by atoms with Crippen LogP contribution in [0, 0.1) is 11.7 Å². The molecule has 2 aromatic carbocycles. The summed E-state index contributed by atoms with van der Waals surface area (Å²) in [4.78, 5) is 14.7. The number of benzene rings is 2. The molecular weight excluding hydrogens is 652 g/mol. The highest BCUT2D eigenvalue weighted by Crippen LogP contribution is 2.47. The lowest BCUT2D eigenvalue weighted by Gasteiger charge is -2.33. The second kappa shape index (κ2) is 14.2. The molecule has 1 aromatic heterocycles. The smallest absolute Gasteiger partial charge is 0.264 e. The van der Waals surface area contributed by atoms with Gasteiger partial charge in [0.2, 0.25) is 10.0 Å². The van der Waals surface area contributed by atoms with E-state index in [1.54, 1.807) is 24.3 Å². The maximum Gasteiger partial charge on any atom is 0.264 e. The van der Waals surface area contributed by atoms with Crippen LogP contribution in [0.25, 0.3) is 11.3 Å². The van der Waals surface area contributed by atoms with Crippen molar-refractivity contribution in [3.8, 4) is 11.3 Å². The second-order valence-electron chi connectivity index (χ2n) is 12.8. The lowest BCUT2D eigenvalue weighted by molar-refractivity contribution is 0.0122. The molecule has 2 bridgehead atoms. The number of sulfonamides is 1. The highest BCUT2D eigenvalue weighted by atomic mass is 35.5. The number of fused-ring (bicyclic) bond motifs is 2. The first-order valence-corrected chi connectivity index (χ1v) is 18.7. The van der Waals surface area contributed by atoms with Crippen LogP contribution in [0.4, 0.5) is 10.1 Å². The molecule has 2 saturated carbocycles. The normalized spacial score (nSPS) is 20.9. The summed E-state index contributed by atoms with van der Waals surface area (Å²) in [5, 5.41) is 5.35. The fraction of sp³-hybridized carbons (Fsp3) is 0.529. The van der Waals surface area contributed by atoms with Gasteiger partial charge in [0.05, 0.1) is 34.2 Å². The molecule has 2 heterocycles. The highest BCUT2D eigenvalue weighted by molar-refractivity contribution is 7.90. The monoisotopic (exact) mass is 691 g/mol. The first-order valence-electron chi connectivity index (χ1n) is 16.3. The van der Waals surface area contributed by atoms with Crippen LogP contribution in [-0.2, 0) is 21.4 Å². The fourth-order valence-corrected chi connectivity index (χ4v) is 8.51. The number of nitrogens with one attached hydrogen (secondary N) is 1. The van der Waals surface area contributed by atoms with Gasteiger partial charge in [0.1, 0.15) is 17.3 Å². The van der Waals surface area contributed by atoms with E-state index in [9.17, 15) is 13.2 Å². The lowest BCUT2D eigenvalue weighted by Crippen LogP contribution is -2.39. The topological polar surface area (TPSA) is 102 Å². The Morgan fingerprint density at radius 2 is 1.83 bits per heavy atom. The van der Waals surface area contributed by atoms with Crippen molar-refractivity contribution in [1.29, 1.82) is 0 Å². The standard InChI is InChI=1S/C34H40Cl2FN3O5S/c1-2-3-4-5-6-7-15-46(42,43)39-34(41)22-13-14-29(28(37)17-22)40-19-23-16-24(40)18-30(23)44-20-25-32(38-45-33(25)21-11-12-21)31-26(35)9-8-10-27(31)36/h8-10,13-14,17,21,23-24,30H,2-7,11-12,15-16,18-20H2,1H3,(H,39,41)/t23-,24-,30+/m0/s1. The molecule has 1 N–H and O–H groups in total. The van der Waals surface area contributed by atoms with Gasteiger partial charge < -0.3 is 14.2 Å². The van der Waals surface area contributed by atoms with Crippen LogP contribution in [0.1, 0.15) is 98.7 Å². The van der Waals surface area contributed by atoms with Gasteiger partial charge in [-0.15, -0.1) is 0 Å². The molecule has 3 fully saturated rings. The third-order valence-electron chi connectivity index (χ3n) is 9.42. The molecule has 0 spiro atoms. The number of aromatic nitrogens is 1. The molecule has 3 aliphatic rings. The van der Waals surface area contributed by atoms with Crippen LogP contribution < -0.4 is 9.62 Å². The number of ether oxygens (including phenoxy) is 1. The van der Waals surface area contributed by atoms with Gasteiger partial charge in [-0.1, -0.05) is 73.5 Å². The molecule has 248 valence electrons. The maximum atomic E-state index is 15.4. The van der Waals surface area contributed by atoms with E-state index in [2.05, 4.69) is 16.8 Å². The Bertz CT molecular complexity index is 1660. The van der Waals surface area contributed by atoms with Gasteiger partial charge in [-0.05, 0) is 62.4 Å². The van der Waals surface area contributed by atoms with E-state index >= 15 is 4.39 Å². The zero-order valence-corrected chi connectivity index (χ0v) is 28.3. The summed E-state index contributed by atoms with van der Waals surface area (Å²) in [5.41, 5.74) is 2.52. The molecule has 1 amide bonds. The Hall–Kier alpha value is -2.66. The largest absolute Gasteiger partial charge is 0.373 e. The van der Waals surface area contributed by atoms with E-state index in [0.717, 1.165) is 75.2 Å². The number of halogens is 3. The number of carbonyl (C=O) groups excluding carboxylic acids is 1. The van der Waals surface area contributed by atoms with Crippen LogP contribution in [0.5, 0.6) is 0 Å². The summed E-state index contributed by atoms with van der Waals surface area (Å²) >= 11 is 13.0. The van der Waals surface area contributed by atoms with Crippen LogP contribution in [0.2, 0.25) is 10.0 Å². The summed E-state index contributed by atoms with van der Waals surface area (Å²) in [6.45, 7) is 3.06. The molecule has 0 unspecified atom stereocenters. The van der Waals surface area contributed by atoms with E-state index in [4.69, 9.17) is 32.5 Å². The average molecular weight is 693 g/mol. The quantitative estimate of drug-likeness (QED) is 0.160. The first kappa shape index (κ1) is 33.2. The molecule has 3 atom stereocenters. The fourth-order valence-electron chi connectivity index (χ4n) is 6.85. The van der Waals surface area contributed by atoms with E-state index in [-0.39, 0.29) is 29.4 Å². The molecule has 0 radical (unpaired) electrons. The van der Waals surface area contributed by atoms with Crippen molar-refractivity contribution in [2.45, 2.75) is 95.8 Å². The second-order valence-corrected chi connectivity index (χ2v) is 15.5. The molecule has 12 heteroatoms. The van der Waals surface area contributed by atoms with E-state index in [0.29, 0.717) is 52.5 Å². The van der Waals surface area contributed by atoms with Crippen molar-refractivity contribution in [2.24, 2.45) is 5.92 Å². The van der Waals surface area contributed by atoms with Gasteiger partial charge in [-0.25, -0.2) is 17.5 Å². The number of hydrogen-bond acceptors (Lipinski definition) is 7. The Kier molecular flexibility index (Phi) is 10.3. The molecule has 46 heavy (non-hydrogen) atoms. The van der Waals surface area contributed by atoms with Crippen molar-refractivity contribution in [2.75, 3.05) is 17.2 Å². The lowest BCUT2D eigenvalue weighted by atomic mass is 10.0. The predicted molar refractivity (Wildman–Crippen MR) is 177 cm³/mol. The van der Waals surface area contributed by atoms with E-state index in [1.165, 1.54) is 6.07 Å². The predicted octanol–water partition coefficient (Wildman–Crippen LogP) is 8.27. The van der Waals surface area contributed by atoms with Crippen LogP contribution in [0.3, 0.4) is 0 Å². The number of piperidine rings is 1. The summed E-state index contributed by atoms with van der Waals surface area (Å²) in [6, 6.07) is 9.62. The number of carbonyl (C=O) groups is 1. The van der Waals surface area contributed by atoms with Crippen molar-refractivity contribution in [3.05, 3.63) is 69.1 Å². The SMILES string of the molecule is CCCCCCCCS(=O)(=O)NC(=O)c1ccc(N2C[C@@H]3C[C@H]2C[C@H]3OCc2c(-c3c(Cl)cccc3Cl)noc2C2CC2)c(F)c1. The molecule has 6 rings (SSSR count). The van der Waals surface area contributed by atoms with Crippen LogP contribution >= 0.6 is 23.2 Å². The third-order valence-corrected chi connectivity index (χ3v) is 11.4. The number of unbranched alkanes of at least 4 members (excludes halogenated alkanes) is 5. The Morgan fingerprint density at radius 3 is 2.50 bits per heavy atom. The Balaban J connectivity index is 1.05. The van der Waals surface area contributed by atoms with Crippen LogP contribution in [-0.4, -0.2) is 43.9 Å². The van der Waals surface area contributed by atoms with Gasteiger partial charge in [0.25, 0.3) is 5.91 Å². The minimum Gasteiger partial charge on any atom is -0.373 e. The molecular formula is C34H40Cl2FN3O5S. The van der Waals surface area contributed by atoms with Gasteiger partial charge >= 0.3 is 0 Å². The van der Waals surface area contributed by atoms with Crippen molar-refractivity contribution >= 4 is 44.8 Å². The van der Waals surface area contributed by atoms with Crippen molar-refractivity contribution < 1.29 is 26.9 Å². The average Bonchev–Trinajstić information content (AvgIpc) is 3.47. The van der Waals surface area contributed by atoms with Gasteiger partial charge in [0, 0.05) is 41.1 Å². The minimum atomic E-state index is -3.79. The number of rotatable bonds is 15. The number of amides is 1. The molecule has 8 nitrogen and oxygen atoms in total. The summed E-state index contributed by atoms with van der Waals surface area (Å²) in [5.74, 6) is -0.131. The first-order chi connectivity index (χ1) is 22.1.